The van der Waals surface area contributed by atoms with Gasteiger partial charge in [-0.05, 0) is 29.3 Å². The van der Waals surface area contributed by atoms with E-state index in [0.29, 0.717) is 0 Å². The minimum atomic E-state index is -2.02. The molecule has 0 saturated carbocycles. The van der Waals surface area contributed by atoms with Crippen LogP contribution in [0, 0.1) is 0 Å². The third-order valence-corrected chi connectivity index (χ3v) is 9.61. The molecular weight excluding hydrogens is 348 g/mol. The van der Waals surface area contributed by atoms with Gasteiger partial charge in [0, 0.05) is 0 Å². The lowest BCUT2D eigenvalue weighted by Gasteiger charge is -2.39. The Balaban J connectivity index is 2.22. The van der Waals surface area contributed by atoms with Crippen LogP contribution in [0.15, 0.2) is 72.8 Å². The van der Waals surface area contributed by atoms with Gasteiger partial charge < -0.3 is 9.53 Å². The van der Waals surface area contributed by atoms with E-state index in [1.165, 1.54) is 0 Å². The largest absolute Gasteiger partial charge is 0.408 e. The van der Waals surface area contributed by atoms with Gasteiger partial charge in [0.25, 0.3) is 0 Å². The summed E-state index contributed by atoms with van der Waals surface area (Å²) in [5.41, 5.74) is 2.16. The van der Waals surface area contributed by atoms with Crippen molar-refractivity contribution in [2.24, 2.45) is 0 Å². The Kier molecular flexibility index (Phi) is 7.37. The summed E-state index contributed by atoms with van der Waals surface area (Å²) in [7, 11) is -2.02. The highest BCUT2D eigenvalue weighted by Crippen LogP contribution is 2.38. The lowest BCUT2D eigenvalue weighted by molar-refractivity contribution is 0.0884. The van der Waals surface area contributed by atoms with Gasteiger partial charge in [0.15, 0.2) is 8.32 Å². The monoisotopic (exact) mass is 380 g/mol. The van der Waals surface area contributed by atoms with Crippen LogP contribution in [0.3, 0.4) is 0 Å². The van der Waals surface area contributed by atoms with Crippen molar-refractivity contribution in [2.75, 3.05) is 0 Å². The van der Waals surface area contributed by atoms with E-state index < -0.39 is 14.4 Å². The van der Waals surface area contributed by atoms with E-state index >= 15 is 0 Å². The third kappa shape index (κ3) is 6.62. The molecule has 2 nitrogen and oxygen atoms in total. The molecule has 0 unspecified atom stereocenters. The summed E-state index contributed by atoms with van der Waals surface area (Å²) >= 11 is 0. The molecule has 0 fully saturated rings. The molecule has 0 aliphatic carbocycles. The number of aliphatic hydroxyl groups is 1. The first-order valence-electron chi connectivity index (χ1n) is 9.51. The van der Waals surface area contributed by atoms with Gasteiger partial charge in [0.1, 0.15) is 6.10 Å². The molecule has 0 aliphatic heterocycles. The zero-order valence-electron chi connectivity index (χ0n) is 17.1. The van der Waals surface area contributed by atoms with Crippen molar-refractivity contribution >= 4 is 20.5 Å². The van der Waals surface area contributed by atoms with Gasteiger partial charge in [-0.15, -0.1) is 0 Å². The first-order chi connectivity index (χ1) is 12.7. The quantitative estimate of drug-likeness (QED) is 0.582. The van der Waals surface area contributed by atoms with E-state index in [1.807, 2.05) is 85.0 Å². The van der Waals surface area contributed by atoms with Crippen molar-refractivity contribution < 1.29 is 9.53 Å². The summed E-state index contributed by atoms with van der Waals surface area (Å²) in [5.74, 6) is 0. The van der Waals surface area contributed by atoms with Gasteiger partial charge in [-0.1, -0.05) is 106 Å². The van der Waals surface area contributed by atoms with Crippen LogP contribution in [0.25, 0.3) is 12.2 Å². The summed E-state index contributed by atoms with van der Waals surface area (Å²) in [5, 5.41) is 10.9. The van der Waals surface area contributed by atoms with E-state index in [2.05, 4.69) is 33.9 Å². The number of hydrogen-bond acceptors (Lipinski definition) is 2. The van der Waals surface area contributed by atoms with Gasteiger partial charge in [-0.3, -0.25) is 0 Å². The zero-order valence-corrected chi connectivity index (χ0v) is 18.1. The second-order valence-electron chi connectivity index (χ2n) is 8.37. The average molecular weight is 381 g/mol. The second kappa shape index (κ2) is 9.31. The van der Waals surface area contributed by atoms with Crippen LogP contribution >= 0.6 is 0 Å². The number of aliphatic hydroxyl groups excluding tert-OH is 1. The fourth-order valence-corrected chi connectivity index (χ4v) is 3.65. The zero-order chi connectivity index (χ0) is 19.9. The van der Waals surface area contributed by atoms with Crippen LogP contribution in [0.2, 0.25) is 18.1 Å². The molecule has 144 valence electrons. The maximum Gasteiger partial charge on any atom is 0.193 e. The molecule has 3 heteroatoms. The van der Waals surface area contributed by atoms with Gasteiger partial charge in [0.2, 0.25) is 0 Å². The number of rotatable bonds is 7. The highest BCUT2D eigenvalue weighted by atomic mass is 28.4. The van der Waals surface area contributed by atoms with Crippen LogP contribution in [0.5, 0.6) is 0 Å². The topological polar surface area (TPSA) is 29.5 Å². The standard InChI is InChI=1S/C24H32O2Si/c1-24(2,3)27(4,5)26-23(19-17-21-14-10-7-11-15-21)22(25)18-16-20-12-8-6-9-13-20/h6-19,22-23,25H,1-5H3/b18-16+,19-17+/t22-,23-/m0/s1. The minimum absolute atomic E-state index is 0.0781. The summed E-state index contributed by atoms with van der Waals surface area (Å²) in [6.45, 7) is 11.1. The summed E-state index contributed by atoms with van der Waals surface area (Å²) in [6, 6.07) is 20.1. The molecule has 0 spiro atoms. The molecule has 0 aromatic heterocycles. The van der Waals surface area contributed by atoms with E-state index in [9.17, 15) is 5.11 Å². The molecule has 2 aromatic carbocycles. The van der Waals surface area contributed by atoms with Crippen molar-refractivity contribution in [3.63, 3.8) is 0 Å². The Labute approximate surface area is 165 Å². The molecule has 2 rings (SSSR count). The number of benzene rings is 2. The van der Waals surface area contributed by atoms with Crippen molar-refractivity contribution in [1.29, 1.82) is 0 Å². The Morgan fingerprint density at radius 1 is 0.815 bits per heavy atom. The molecule has 0 bridgehead atoms. The maximum atomic E-state index is 10.8. The Morgan fingerprint density at radius 3 is 1.70 bits per heavy atom. The van der Waals surface area contributed by atoms with E-state index in [4.69, 9.17) is 4.43 Å². The van der Waals surface area contributed by atoms with Gasteiger partial charge in [-0.25, -0.2) is 0 Å². The number of hydrogen-bond donors (Lipinski definition) is 1. The Bertz CT molecular complexity index is 743. The van der Waals surface area contributed by atoms with Crippen LogP contribution in [-0.2, 0) is 4.43 Å². The molecule has 0 saturated heterocycles. The molecule has 0 heterocycles. The van der Waals surface area contributed by atoms with Gasteiger partial charge in [0.05, 0.1) is 6.10 Å². The maximum absolute atomic E-state index is 10.8. The fraction of sp³-hybridized carbons (Fsp3) is 0.333. The molecule has 0 amide bonds. The summed E-state index contributed by atoms with van der Waals surface area (Å²) in [4.78, 5) is 0. The fourth-order valence-electron chi connectivity index (χ4n) is 2.39. The third-order valence-electron chi connectivity index (χ3n) is 5.14. The predicted molar refractivity (Wildman–Crippen MR) is 119 cm³/mol. The van der Waals surface area contributed by atoms with Crippen molar-refractivity contribution in [3.8, 4) is 0 Å². The highest BCUT2D eigenvalue weighted by molar-refractivity contribution is 6.74. The van der Waals surface area contributed by atoms with Crippen molar-refractivity contribution in [3.05, 3.63) is 83.9 Å². The second-order valence-corrected chi connectivity index (χ2v) is 13.1. The Hall–Kier alpha value is -1.94. The summed E-state index contributed by atoms with van der Waals surface area (Å²) < 4.78 is 6.53. The highest BCUT2D eigenvalue weighted by Gasteiger charge is 2.39. The smallest absolute Gasteiger partial charge is 0.193 e. The van der Waals surface area contributed by atoms with E-state index in [1.54, 1.807) is 0 Å². The predicted octanol–water partition coefficient (Wildman–Crippen LogP) is 6.16. The molecular formula is C24H32O2Si. The molecule has 2 atom stereocenters. The summed E-state index contributed by atoms with van der Waals surface area (Å²) in [6.07, 6.45) is 6.68. The van der Waals surface area contributed by atoms with E-state index in [0.717, 1.165) is 11.1 Å². The molecule has 0 radical (unpaired) electrons. The Morgan fingerprint density at radius 2 is 1.26 bits per heavy atom. The first kappa shape index (κ1) is 21.4. The van der Waals surface area contributed by atoms with Crippen molar-refractivity contribution in [2.45, 2.75) is 51.1 Å². The normalized spacial score (nSPS) is 15.3. The molecule has 1 N–H and O–H groups in total. The first-order valence-corrected chi connectivity index (χ1v) is 12.4. The van der Waals surface area contributed by atoms with Gasteiger partial charge in [-0.2, -0.15) is 0 Å². The molecule has 27 heavy (non-hydrogen) atoms. The van der Waals surface area contributed by atoms with Gasteiger partial charge >= 0.3 is 0 Å². The molecule has 2 aromatic rings. The van der Waals surface area contributed by atoms with Crippen LogP contribution in [-0.4, -0.2) is 25.6 Å². The lowest BCUT2D eigenvalue weighted by atomic mass is 10.1. The van der Waals surface area contributed by atoms with Crippen LogP contribution < -0.4 is 0 Å². The van der Waals surface area contributed by atoms with E-state index in [-0.39, 0.29) is 11.1 Å². The minimum Gasteiger partial charge on any atom is -0.408 e. The average Bonchev–Trinajstić information content (AvgIpc) is 2.64. The SMILES string of the molecule is CC(C)(C)[Si](C)(C)O[C@@H](/C=C/c1ccccc1)[C@@H](O)/C=C/c1ccccc1. The lowest BCUT2D eigenvalue weighted by Crippen LogP contribution is -2.46. The van der Waals surface area contributed by atoms with Crippen LogP contribution in [0.4, 0.5) is 0 Å². The van der Waals surface area contributed by atoms with Crippen LogP contribution in [0.1, 0.15) is 31.9 Å². The molecule has 0 aliphatic rings. The van der Waals surface area contributed by atoms with Crippen molar-refractivity contribution in [1.82, 2.24) is 0 Å².